The van der Waals surface area contributed by atoms with E-state index in [0.29, 0.717) is 11.8 Å². The van der Waals surface area contributed by atoms with Gasteiger partial charge in [-0.05, 0) is 19.3 Å². The number of hydrogen-bond donors (Lipinski definition) is 2. The number of guanidine groups is 1. The first-order valence-electron chi connectivity index (χ1n) is 10.6. The second-order valence-corrected chi connectivity index (χ2v) is 8.74. The zero-order valence-electron chi connectivity index (χ0n) is 17.2. The summed E-state index contributed by atoms with van der Waals surface area (Å²) in [5.41, 5.74) is 0. The first kappa shape index (κ1) is 21.0. The zero-order valence-corrected chi connectivity index (χ0v) is 18.1. The second-order valence-electron chi connectivity index (χ2n) is 7.54. The minimum atomic E-state index is 0.320. The third-order valence-corrected chi connectivity index (χ3v) is 6.87. The molecule has 1 saturated heterocycles. The summed E-state index contributed by atoms with van der Waals surface area (Å²) in [6, 6.07) is 0. The number of amides is 1. The molecule has 2 fully saturated rings. The number of piperazine rings is 1. The fourth-order valence-electron chi connectivity index (χ4n) is 3.57. The van der Waals surface area contributed by atoms with Crippen LogP contribution in [0.1, 0.15) is 36.1 Å². The van der Waals surface area contributed by atoms with E-state index in [-0.39, 0.29) is 0 Å². The molecule has 1 aliphatic carbocycles. The molecule has 156 valence electrons. The Labute approximate surface area is 172 Å². The molecule has 7 nitrogen and oxygen atoms in total. The topological polar surface area (TPSA) is 72.9 Å². The molecule has 0 radical (unpaired) electrons. The molecular weight excluding hydrogens is 372 g/mol. The molecule has 2 aliphatic rings. The van der Waals surface area contributed by atoms with E-state index in [9.17, 15) is 4.79 Å². The molecule has 1 aromatic rings. The lowest BCUT2D eigenvalue weighted by Gasteiger charge is -2.38. The third-order valence-electron chi connectivity index (χ3n) is 5.66. The third kappa shape index (κ3) is 5.91. The number of aromatic nitrogens is 1. The van der Waals surface area contributed by atoms with E-state index >= 15 is 0 Å². The highest BCUT2D eigenvalue weighted by Gasteiger charge is 2.30. The van der Waals surface area contributed by atoms with Crippen LogP contribution < -0.4 is 10.6 Å². The van der Waals surface area contributed by atoms with Gasteiger partial charge in [0.05, 0.1) is 5.01 Å². The highest BCUT2D eigenvalue weighted by molar-refractivity contribution is 7.11. The van der Waals surface area contributed by atoms with Crippen molar-refractivity contribution in [2.24, 2.45) is 10.9 Å². The highest BCUT2D eigenvalue weighted by Crippen LogP contribution is 2.28. The number of carbonyl (C=O) groups is 1. The van der Waals surface area contributed by atoms with Gasteiger partial charge < -0.3 is 15.5 Å². The van der Waals surface area contributed by atoms with Crippen LogP contribution in [-0.2, 0) is 17.6 Å². The number of aryl methyl sites for hydroxylation is 1. The molecule has 0 atom stereocenters. The maximum Gasteiger partial charge on any atom is 0.225 e. The molecule has 0 bridgehead atoms. The minimum absolute atomic E-state index is 0.320. The van der Waals surface area contributed by atoms with Gasteiger partial charge in [-0.25, -0.2) is 4.98 Å². The fourth-order valence-corrected chi connectivity index (χ4v) is 4.44. The summed E-state index contributed by atoms with van der Waals surface area (Å²) in [6.07, 6.45) is 7.36. The molecule has 1 aliphatic heterocycles. The van der Waals surface area contributed by atoms with Crippen LogP contribution in [0.15, 0.2) is 11.2 Å². The summed E-state index contributed by atoms with van der Waals surface area (Å²) >= 11 is 1.79. The average molecular weight is 407 g/mol. The van der Waals surface area contributed by atoms with Crippen LogP contribution in [-0.4, -0.2) is 79.5 Å². The zero-order chi connectivity index (χ0) is 19.8. The summed E-state index contributed by atoms with van der Waals surface area (Å²) in [5, 5.41) is 7.93. The molecule has 1 saturated carbocycles. The van der Waals surface area contributed by atoms with Crippen molar-refractivity contribution in [2.45, 2.75) is 39.0 Å². The van der Waals surface area contributed by atoms with Gasteiger partial charge in [0.2, 0.25) is 5.91 Å². The highest BCUT2D eigenvalue weighted by atomic mass is 32.1. The predicted octanol–water partition coefficient (Wildman–Crippen LogP) is 1.36. The number of carbonyl (C=O) groups excluding carboxylic acids is 1. The van der Waals surface area contributed by atoms with Crippen molar-refractivity contribution in [1.82, 2.24) is 25.4 Å². The fraction of sp³-hybridized carbons (Fsp3) is 0.750. The van der Waals surface area contributed by atoms with Gasteiger partial charge in [-0.2, -0.15) is 0 Å². The Morgan fingerprint density at radius 2 is 2.00 bits per heavy atom. The standard InChI is InChI=1S/C20H34N6OS/c1-3-17-15-24-18(28-17)7-8-22-20(21-2)23-9-10-25-11-13-26(14-12-25)19(27)16-5-4-6-16/h15-16H,3-14H2,1-2H3,(H2,21,22,23). The Kier molecular flexibility index (Phi) is 8.09. The smallest absolute Gasteiger partial charge is 0.225 e. The van der Waals surface area contributed by atoms with Gasteiger partial charge in [-0.15, -0.1) is 11.3 Å². The lowest BCUT2D eigenvalue weighted by Crippen LogP contribution is -2.52. The number of rotatable bonds is 8. The maximum absolute atomic E-state index is 12.3. The Bertz CT molecular complexity index is 649. The molecular formula is C20H34N6OS. The van der Waals surface area contributed by atoms with E-state index in [0.717, 1.165) is 77.5 Å². The van der Waals surface area contributed by atoms with Crippen LogP contribution in [0.3, 0.4) is 0 Å². The van der Waals surface area contributed by atoms with Crippen molar-refractivity contribution in [2.75, 3.05) is 52.9 Å². The van der Waals surface area contributed by atoms with Crippen molar-refractivity contribution in [3.8, 4) is 0 Å². The normalized spacial score (nSPS) is 18.8. The SMILES string of the molecule is CCc1cnc(CCNC(=NC)NCCN2CCN(C(=O)C3CCC3)CC2)s1. The van der Waals surface area contributed by atoms with E-state index in [1.165, 1.54) is 16.3 Å². The molecule has 8 heteroatoms. The predicted molar refractivity (Wildman–Crippen MR) is 115 cm³/mol. The number of nitrogens with zero attached hydrogens (tertiary/aromatic N) is 4. The maximum atomic E-state index is 12.3. The van der Waals surface area contributed by atoms with Gasteiger partial charge in [-0.3, -0.25) is 14.7 Å². The van der Waals surface area contributed by atoms with Crippen molar-refractivity contribution in [1.29, 1.82) is 0 Å². The van der Waals surface area contributed by atoms with Crippen molar-refractivity contribution >= 4 is 23.2 Å². The molecule has 28 heavy (non-hydrogen) atoms. The molecule has 0 spiro atoms. The van der Waals surface area contributed by atoms with Crippen LogP contribution in [0, 0.1) is 5.92 Å². The summed E-state index contributed by atoms with van der Waals surface area (Å²) in [7, 11) is 1.80. The average Bonchev–Trinajstić information content (AvgIpc) is 3.14. The van der Waals surface area contributed by atoms with E-state index < -0.39 is 0 Å². The summed E-state index contributed by atoms with van der Waals surface area (Å²) < 4.78 is 0. The number of thiazole rings is 1. The Morgan fingerprint density at radius 3 is 2.61 bits per heavy atom. The summed E-state index contributed by atoms with van der Waals surface area (Å²) in [5.74, 6) is 1.55. The van der Waals surface area contributed by atoms with Crippen LogP contribution >= 0.6 is 11.3 Å². The van der Waals surface area contributed by atoms with Crippen LogP contribution in [0.25, 0.3) is 0 Å². The van der Waals surface area contributed by atoms with Crippen LogP contribution in [0.4, 0.5) is 0 Å². The molecule has 3 rings (SSSR count). The van der Waals surface area contributed by atoms with Gasteiger partial charge in [0, 0.05) is 76.3 Å². The summed E-state index contributed by atoms with van der Waals surface area (Å²) in [6.45, 7) is 8.50. The van der Waals surface area contributed by atoms with Gasteiger partial charge in [0.25, 0.3) is 0 Å². The minimum Gasteiger partial charge on any atom is -0.356 e. The Balaban J connectivity index is 1.27. The summed E-state index contributed by atoms with van der Waals surface area (Å²) in [4.78, 5) is 26.9. The lowest BCUT2D eigenvalue weighted by molar-refractivity contribution is -0.139. The van der Waals surface area contributed by atoms with Crippen LogP contribution in [0.2, 0.25) is 0 Å². The number of nitrogens with one attached hydrogen (secondary N) is 2. The van der Waals surface area contributed by atoms with Crippen molar-refractivity contribution in [3.05, 3.63) is 16.1 Å². The number of hydrogen-bond acceptors (Lipinski definition) is 5. The molecule has 2 heterocycles. The van der Waals surface area contributed by atoms with Gasteiger partial charge in [-0.1, -0.05) is 13.3 Å². The molecule has 0 aromatic carbocycles. The second kappa shape index (κ2) is 10.8. The van der Waals surface area contributed by atoms with Gasteiger partial charge >= 0.3 is 0 Å². The molecule has 0 unspecified atom stereocenters. The molecule has 2 N–H and O–H groups in total. The molecule has 1 aromatic heterocycles. The monoisotopic (exact) mass is 406 g/mol. The van der Waals surface area contributed by atoms with Crippen molar-refractivity contribution in [3.63, 3.8) is 0 Å². The quantitative estimate of drug-likeness (QED) is 0.504. The van der Waals surface area contributed by atoms with Crippen molar-refractivity contribution < 1.29 is 4.79 Å². The van der Waals surface area contributed by atoms with E-state index in [1.54, 1.807) is 18.4 Å². The van der Waals surface area contributed by atoms with Gasteiger partial charge in [0.1, 0.15) is 0 Å². The first-order chi connectivity index (χ1) is 13.7. The molecule has 1 amide bonds. The largest absolute Gasteiger partial charge is 0.356 e. The van der Waals surface area contributed by atoms with E-state index in [4.69, 9.17) is 0 Å². The number of aliphatic imine (C=N–C) groups is 1. The van der Waals surface area contributed by atoms with Crippen LogP contribution in [0.5, 0.6) is 0 Å². The lowest BCUT2D eigenvalue weighted by atomic mass is 9.84. The van der Waals surface area contributed by atoms with E-state index in [1.807, 2.05) is 6.20 Å². The Hall–Kier alpha value is -1.67. The van der Waals surface area contributed by atoms with Gasteiger partial charge in [0.15, 0.2) is 5.96 Å². The first-order valence-corrected chi connectivity index (χ1v) is 11.4. The van der Waals surface area contributed by atoms with E-state index in [2.05, 4.69) is 37.3 Å². The Morgan fingerprint density at radius 1 is 1.25 bits per heavy atom.